The van der Waals surface area contributed by atoms with Gasteiger partial charge in [-0.25, -0.2) is 4.98 Å². The van der Waals surface area contributed by atoms with Gasteiger partial charge in [-0.15, -0.1) is 11.8 Å². The second-order valence-corrected chi connectivity index (χ2v) is 6.45. The Morgan fingerprint density at radius 3 is 2.65 bits per heavy atom. The summed E-state index contributed by atoms with van der Waals surface area (Å²) in [6.07, 6.45) is 2.49. The molecule has 0 N–H and O–H groups in total. The number of hydrogen-bond donors (Lipinski definition) is 0. The minimum atomic E-state index is 0.592. The summed E-state index contributed by atoms with van der Waals surface area (Å²) in [5.74, 6) is 0. The van der Waals surface area contributed by atoms with Crippen molar-refractivity contribution in [3.8, 4) is 0 Å². The van der Waals surface area contributed by atoms with Crippen LogP contribution >= 0.6 is 23.4 Å². The lowest BCUT2D eigenvalue weighted by Crippen LogP contribution is -2.39. The summed E-state index contributed by atoms with van der Waals surface area (Å²) in [4.78, 5) is 6.88. The number of piperidine rings is 1. The Labute approximate surface area is 113 Å². The fourth-order valence-corrected chi connectivity index (χ4v) is 3.45. The number of halogens is 1. The minimum Gasteiger partial charge on any atom is -0.301 e. The molecule has 17 heavy (non-hydrogen) atoms. The molecule has 2 nitrogen and oxygen atoms in total. The summed E-state index contributed by atoms with van der Waals surface area (Å²) < 4.78 is 0. The summed E-state index contributed by atoms with van der Waals surface area (Å²) in [7, 11) is 0. The number of aromatic nitrogens is 1. The van der Waals surface area contributed by atoms with Crippen LogP contribution in [0.25, 0.3) is 0 Å². The molecule has 0 bridgehead atoms. The van der Waals surface area contributed by atoms with Gasteiger partial charge in [-0.1, -0.05) is 17.7 Å². The zero-order chi connectivity index (χ0) is 12.3. The first kappa shape index (κ1) is 13.2. The lowest BCUT2D eigenvalue weighted by atomic mass is 10.1. The molecule has 2 heterocycles. The van der Waals surface area contributed by atoms with Gasteiger partial charge < -0.3 is 4.90 Å². The first-order valence-corrected chi connectivity index (χ1v) is 7.44. The van der Waals surface area contributed by atoms with Gasteiger partial charge in [0.05, 0.1) is 5.03 Å². The van der Waals surface area contributed by atoms with Crippen molar-refractivity contribution < 1.29 is 0 Å². The number of thioether (sulfide) groups is 1. The Morgan fingerprint density at radius 1 is 1.35 bits per heavy atom. The van der Waals surface area contributed by atoms with E-state index >= 15 is 0 Å². The molecule has 4 heteroatoms. The van der Waals surface area contributed by atoms with Gasteiger partial charge in [0, 0.05) is 11.3 Å². The van der Waals surface area contributed by atoms with Gasteiger partial charge in [0.15, 0.2) is 0 Å². The van der Waals surface area contributed by atoms with E-state index in [2.05, 4.69) is 23.7 Å². The Kier molecular flexibility index (Phi) is 4.71. The summed E-state index contributed by atoms with van der Waals surface area (Å²) in [6, 6.07) is 6.52. The summed E-state index contributed by atoms with van der Waals surface area (Å²) in [6.45, 7) is 6.95. The van der Waals surface area contributed by atoms with Crippen LogP contribution in [0, 0.1) is 0 Å². The predicted octanol–water partition coefficient (Wildman–Crippen LogP) is 3.70. The molecule has 0 aliphatic carbocycles. The molecule has 0 saturated carbocycles. The van der Waals surface area contributed by atoms with E-state index in [0.29, 0.717) is 16.4 Å². The van der Waals surface area contributed by atoms with Gasteiger partial charge in [-0.05, 0) is 51.9 Å². The van der Waals surface area contributed by atoms with Gasteiger partial charge in [-0.2, -0.15) is 0 Å². The standard InChI is InChI=1S/C13H19ClN2S/c1-10(2)16-8-6-11(7-9-16)17-13-5-3-4-12(14)15-13/h3-5,10-11H,6-9H2,1-2H3. The van der Waals surface area contributed by atoms with Crippen LogP contribution in [0.15, 0.2) is 23.2 Å². The van der Waals surface area contributed by atoms with Crippen molar-refractivity contribution in [3.63, 3.8) is 0 Å². The average Bonchev–Trinajstić information content (AvgIpc) is 2.29. The highest BCUT2D eigenvalue weighted by molar-refractivity contribution is 7.99. The monoisotopic (exact) mass is 270 g/mol. The first-order chi connectivity index (χ1) is 8.15. The van der Waals surface area contributed by atoms with E-state index in [1.54, 1.807) is 0 Å². The second kappa shape index (κ2) is 6.07. The lowest BCUT2D eigenvalue weighted by Gasteiger charge is -2.34. The third-order valence-corrected chi connectivity index (χ3v) is 4.67. The second-order valence-electron chi connectivity index (χ2n) is 4.75. The van der Waals surface area contributed by atoms with Gasteiger partial charge in [-0.3, -0.25) is 0 Å². The van der Waals surface area contributed by atoms with Crippen molar-refractivity contribution in [1.29, 1.82) is 0 Å². The lowest BCUT2D eigenvalue weighted by molar-refractivity contribution is 0.188. The van der Waals surface area contributed by atoms with Gasteiger partial charge in [0.25, 0.3) is 0 Å². The van der Waals surface area contributed by atoms with Crippen LogP contribution in [0.1, 0.15) is 26.7 Å². The van der Waals surface area contributed by atoms with Crippen LogP contribution in [0.2, 0.25) is 5.15 Å². The molecular weight excluding hydrogens is 252 g/mol. The van der Waals surface area contributed by atoms with Crippen LogP contribution in [0.3, 0.4) is 0 Å². The van der Waals surface area contributed by atoms with E-state index in [1.165, 1.54) is 25.9 Å². The fourth-order valence-electron chi connectivity index (χ4n) is 2.14. The molecular formula is C13H19ClN2S. The van der Waals surface area contributed by atoms with E-state index in [-0.39, 0.29) is 0 Å². The summed E-state index contributed by atoms with van der Waals surface area (Å²) >= 11 is 7.76. The molecule has 1 aromatic heterocycles. The van der Waals surface area contributed by atoms with Crippen LogP contribution in [0.4, 0.5) is 0 Å². The summed E-state index contributed by atoms with van der Waals surface area (Å²) in [5.41, 5.74) is 0. The topological polar surface area (TPSA) is 16.1 Å². The van der Waals surface area contributed by atoms with Crippen LogP contribution in [-0.2, 0) is 0 Å². The van der Waals surface area contributed by atoms with Crippen molar-refractivity contribution in [1.82, 2.24) is 9.88 Å². The molecule has 0 radical (unpaired) electrons. The molecule has 2 rings (SSSR count). The van der Waals surface area contributed by atoms with Crippen LogP contribution in [0.5, 0.6) is 0 Å². The van der Waals surface area contributed by atoms with Crippen LogP contribution < -0.4 is 0 Å². The number of likely N-dealkylation sites (tertiary alicyclic amines) is 1. The van der Waals surface area contributed by atoms with E-state index in [1.807, 2.05) is 30.0 Å². The van der Waals surface area contributed by atoms with E-state index in [0.717, 1.165) is 5.03 Å². The Hall–Kier alpha value is -0.250. The minimum absolute atomic E-state index is 0.592. The Balaban J connectivity index is 1.86. The number of hydrogen-bond acceptors (Lipinski definition) is 3. The van der Waals surface area contributed by atoms with Gasteiger partial charge >= 0.3 is 0 Å². The molecule has 1 aromatic rings. The third kappa shape index (κ3) is 3.87. The van der Waals surface area contributed by atoms with E-state index in [4.69, 9.17) is 11.6 Å². The highest BCUT2D eigenvalue weighted by Crippen LogP contribution is 2.30. The molecule has 0 spiro atoms. The molecule has 1 saturated heterocycles. The molecule has 1 aliphatic heterocycles. The largest absolute Gasteiger partial charge is 0.301 e. The van der Waals surface area contributed by atoms with E-state index < -0.39 is 0 Å². The van der Waals surface area contributed by atoms with Gasteiger partial charge in [0.2, 0.25) is 0 Å². The smallest absolute Gasteiger partial charge is 0.130 e. The van der Waals surface area contributed by atoms with Gasteiger partial charge in [0.1, 0.15) is 5.15 Å². The molecule has 0 aromatic carbocycles. The first-order valence-electron chi connectivity index (χ1n) is 6.18. The molecule has 94 valence electrons. The van der Waals surface area contributed by atoms with Crippen molar-refractivity contribution in [2.75, 3.05) is 13.1 Å². The third-order valence-electron chi connectivity index (χ3n) is 3.18. The zero-order valence-corrected chi connectivity index (χ0v) is 12.0. The van der Waals surface area contributed by atoms with Crippen molar-refractivity contribution in [2.45, 2.75) is 43.0 Å². The fraction of sp³-hybridized carbons (Fsp3) is 0.615. The normalized spacial score (nSPS) is 18.8. The maximum Gasteiger partial charge on any atom is 0.130 e. The Bertz CT molecular complexity index is 362. The predicted molar refractivity (Wildman–Crippen MR) is 74.8 cm³/mol. The number of rotatable bonds is 3. The van der Waals surface area contributed by atoms with Crippen molar-refractivity contribution in [3.05, 3.63) is 23.4 Å². The molecule has 0 amide bonds. The highest BCUT2D eigenvalue weighted by atomic mass is 35.5. The molecule has 1 aliphatic rings. The van der Waals surface area contributed by atoms with E-state index in [9.17, 15) is 0 Å². The zero-order valence-electron chi connectivity index (χ0n) is 10.4. The molecule has 0 unspecified atom stereocenters. The number of pyridine rings is 1. The maximum absolute atomic E-state index is 5.89. The summed E-state index contributed by atoms with van der Waals surface area (Å²) in [5, 5.41) is 2.34. The molecule has 0 atom stereocenters. The Morgan fingerprint density at radius 2 is 2.06 bits per heavy atom. The highest BCUT2D eigenvalue weighted by Gasteiger charge is 2.21. The molecule has 1 fully saturated rings. The average molecular weight is 271 g/mol. The SMILES string of the molecule is CC(C)N1CCC(Sc2cccc(Cl)n2)CC1. The maximum atomic E-state index is 5.89. The quantitative estimate of drug-likeness (QED) is 0.779. The van der Waals surface area contributed by atoms with Crippen molar-refractivity contribution >= 4 is 23.4 Å². The number of nitrogens with zero attached hydrogens (tertiary/aromatic N) is 2. The van der Waals surface area contributed by atoms with Crippen LogP contribution in [-0.4, -0.2) is 34.3 Å². The van der Waals surface area contributed by atoms with Crippen molar-refractivity contribution in [2.24, 2.45) is 0 Å².